The Labute approximate surface area is 168 Å². The molecule has 0 saturated carbocycles. The van der Waals surface area contributed by atoms with Crippen molar-refractivity contribution in [3.8, 4) is 5.75 Å². The van der Waals surface area contributed by atoms with Crippen molar-refractivity contribution in [2.45, 2.75) is 20.3 Å². The fourth-order valence-electron chi connectivity index (χ4n) is 3.20. The number of benzene rings is 2. The summed E-state index contributed by atoms with van der Waals surface area (Å²) >= 11 is 6.14. The van der Waals surface area contributed by atoms with Crippen LogP contribution < -0.4 is 15.0 Å². The minimum Gasteiger partial charge on any atom is -0.495 e. The van der Waals surface area contributed by atoms with E-state index in [1.165, 1.54) is 6.92 Å². The standard InChI is InChI=1S/C21H21ClN2O4/c1-12-4-7-19(28-3)18(8-12)24-11-15(10-20(24)26)21(27)23-17-9-14(13(2)25)5-6-16(17)22/h4-9,15H,10-11H2,1-3H3,(H,23,27). The van der Waals surface area contributed by atoms with Crippen LogP contribution in [0.5, 0.6) is 5.75 Å². The molecule has 0 radical (unpaired) electrons. The first-order chi connectivity index (χ1) is 13.3. The number of ether oxygens (including phenoxy) is 1. The number of nitrogens with one attached hydrogen (secondary N) is 1. The maximum atomic E-state index is 12.7. The summed E-state index contributed by atoms with van der Waals surface area (Å²) in [5.74, 6) is -0.536. The molecule has 3 rings (SSSR count). The Morgan fingerprint density at radius 1 is 1.21 bits per heavy atom. The molecule has 0 bridgehead atoms. The minimum absolute atomic E-state index is 0.0902. The lowest BCUT2D eigenvalue weighted by atomic mass is 10.1. The molecule has 1 aliphatic heterocycles. The van der Waals surface area contributed by atoms with Gasteiger partial charge >= 0.3 is 0 Å². The lowest BCUT2D eigenvalue weighted by Gasteiger charge is -2.20. The molecule has 28 heavy (non-hydrogen) atoms. The molecule has 1 saturated heterocycles. The highest BCUT2D eigenvalue weighted by Gasteiger charge is 2.36. The Balaban J connectivity index is 1.79. The fraction of sp³-hybridized carbons (Fsp3) is 0.286. The van der Waals surface area contributed by atoms with Crippen LogP contribution in [0, 0.1) is 12.8 Å². The molecule has 1 atom stereocenters. The number of hydrogen-bond donors (Lipinski definition) is 1. The molecule has 1 aliphatic rings. The van der Waals surface area contributed by atoms with Gasteiger partial charge in [0.2, 0.25) is 11.8 Å². The largest absolute Gasteiger partial charge is 0.495 e. The summed E-state index contributed by atoms with van der Waals surface area (Å²) in [7, 11) is 1.54. The van der Waals surface area contributed by atoms with Gasteiger partial charge in [0, 0.05) is 18.5 Å². The summed E-state index contributed by atoms with van der Waals surface area (Å²) in [4.78, 5) is 38.4. The van der Waals surface area contributed by atoms with E-state index in [4.69, 9.17) is 16.3 Å². The maximum absolute atomic E-state index is 12.7. The number of nitrogens with zero attached hydrogens (tertiary/aromatic N) is 1. The maximum Gasteiger partial charge on any atom is 0.229 e. The van der Waals surface area contributed by atoms with Crippen LogP contribution in [0.3, 0.4) is 0 Å². The molecule has 1 N–H and O–H groups in total. The monoisotopic (exact) mass is 400 g/mol. The van der Waals surface area contributed by atoms with Gasteiger partial charge in [-0.05, 0) is 49.7 Å². The van der Waals surface area contributed by atoms with Crippen LogP contribution in [0.2, 0.25) is 5.02 Å². The van der Waals surface area contributed by atoms with Crippen molar-refractivity contribution in [2.75, 3.05) is 23.9 Å². The van der Waals surface area contributed by atoms with Crippen LogP contribution in [0.25, 0.3) is 0 Å². The van der Waals surface area contributed by atoms with E-state index in [-0.39, 0.29) is 30.6 Å². The second-order valence-corrected chi connectivity index (χ2v) is 7.23. The smallest absolute Gasteiger partial charge is 0.229 e. The summed E-state index contributed by atoms with van der Waals surface area (Å²) in [5, 5.41) is 3.08. The highest BCUT2D eigenvalue weighted by atomic mass is 35.5. The average molecular weight is 401 g/mol. The van der Waals surface area contributed by atoms with Gasteiger partial charge in [-0.15, -0.1) is 0 Å². The summed E-state index contributed by atoms with van der Waals surface area (Å²) in [6, 6.07) is 10.3. The van der Waals surface area contributed by atoms with E-state index in [9.17, 15) is 14.4 Å². The predicted octanol–water partition coefficient (Wildman–Crippen LogP) is 3.85. The first-order valence-corrected chi connectivity index (χ1v) is 9.24. The zero-order valence-corrected chi connectivity index (χ0v) is 16.7. The summed E-state index contributed by atoms with van der Waals surface area (Å²) < 4.78 is 5.36. The molecule has 1 unspecified atom stereocenters. The number of rotatable bonds is 5. The molecule has 6 nitrogen and oxygen atoms in total. The molecule has 1 heterocycles. The molecule has 2 aromatic carbocycles. The summed E-state index contributed by atoms with van der Waals surface area (Å²) in [5.41, 5.74) is 2.45. The number of halogens is 1. The van der Waals surface area contributed by atoms with E-state index in [2.05, 4.69) is 5.32 Å². The van der Waals surface area contributed by atoms with Crippen molar-refractivity contribution in [3.63, 3.8) is 0 Å². The highest BCUT2D eigenvalue weighted by Crippen LogP contribution is 2.34. The molecule has 2 aromatic rings. The predicted molar refractivity (Wildman–Crippen MR) is 108 cm³/mol. The van der Waals surface area contributed by atoms with E-state index in [1.807, 2.05) is 19.1 Å². The number of anilines is 2. The molecule has 0 aromatic heterocycles. The van der Waals surface area contributed by atoms with Gasteiger partial charge in [0.1, 0.15) is 5.75 Å². The number of Topliss-reactive ketones (excluding diaryl/α,β-unsaturated/α-hetero) is 1. The SMILES string of the molecule is COc1ccc(C)cc1N1CC(C(=O)Nc2cc(C(C)=O)ccc2Cl)CC1=O. The number of carbonyl (C=O) groups excluding carboxylic acids is 3. The number of carbonyl (C=O) groups is 3. The van der Waals surface area contributed by atoms with Gasteiger partial charge in [0.15, 0.2) is 5.78 Å². The average Bonchev–Trinajstić information content (AvgIpc) is 3.05. The molecule has 146 valence electrons. The van der Waals surface area contributed by atoms with Crippen molar-refractivity contribution in [1.29, 1.82) is 0 Å². The van der Waals surface area contributed by atoms with E-state index >= 15 is 0 Å². The minimum atomic E-state index is -0.533. The van der Waals surface area contributed by atoms with Crippen LogP contribution in [0.4, 0.5) is 11.4 Å². The number of ketones is 1. The molecule has 0 spiro atoms. The normalized spacial score (nSPS) is 16.2. The Bertz CT molecular complexity index is 957. The van der Waals surface area contributed by atoms with Gasteiger partial charge in [-0.3, -0.25) is 14.4 Å². The van der Waals surface area contributed by atoms with Gasteiger partial charge in [0.05, 0.1) is 29.4 Å². The number of amides is 2. The molecular formula is C21H21ClN2O4. The van der Waals surface area contributed by atoms with Gasteiger partial charge < -0.3 is 15.0 Å². The van der Waals surface area contributed by atoms with Gasteiger partial charge in [0.25, 0.3) is 0 Å². The van der Waals surface area contributed by atoms with Crippen molar-refractivity contribution in [2.24, 2.45) is 5.92 Å². The van der Waals surface area contributed by atoms with Crippen molar-refractivity contribution >= 4 is 40.6 Å². The lowest BCUT2D eigenvalue weighted by Crippen LogP contribution is -2.28. The lowest BCUT2D eigenvalue weighted by molar-refractivity contribution is -0.122. The van der Waals surface area contributed by atoms with Crippen LogP contribution in [-0.4, -0.2) is 31.3 Å². The number of hydrogen-bond acceptors (Lipinski definition) is 4. The molecule has 2 amide bonds. The Morgan fingerprint density at radius 3 is 2.64 bits per heavy atom. The topological polar surface area (TPSA) is 75.7 Å². The van der Waals surface area contributed by atoms with Crippen molar-refractivity contribution in [1.82, 2.24) is 0 Å². The second kappa shape index (κ2) is 8.02. The third kappa shape index (κ3) is 4.02. The number of methoxy groups -OCH3 is 1. The van der Waals surface area contributed by atoms with E-state index < -0.39 is 5.92 Å². The fourth-order valence-corrected chi connectivity index (χ4v) is 3.37. The van der Waals surface area contributed by atoms with Crippen molar-refractivity contribution in [3.05, 3.63) is 52.5 Å². The molecule has 7 heteroatoms. The van der Waals surface area contributed by atoms with Gasteiger partial charge in [-0.1, -0.05) is 17.7 Å². The third-order valence-electron chi connectivity index (χ3n) is 4.75. The van der Waals surface area contributed by atoms with Crippen LogP contribution in [-0.2, 0) is 9.59 Å². The Morgan fingerprint density at radius 2 is 1.96 bits per heavy atom. The van der Waals surface area contributed by atoms with E-state index in [1.54, 1.807) is 36.3 Å². The highest BCUT2D eigenvalue weighted by molar-refractivity contribution is 6.34. The third-order valence-corrected chi connectivity index (χ3v) is 5.08. The van der Waals surface area contributed by atoms with E-state index in [0.717, 1.165) is 5.56 Å². The first kappa shape index (κ1) is 19.9. The van der Waals surface area contributed by atoms with Crippen LogP contribution in [0.1, 0.15) is 29.3 Å². The first-order valence-electron chi connectivity index (χ1n) is 8.86. The van der Waals surface area contributed by atoms with Crippen LogP contribution in [0.15, 0.2) is 36.4 Å². The number of aryl methyl sites for hydroxylation is 1. The molecular weight excluding hydrogens is 380 g/mol. The zero-order chi connectivity index (χ0) is 20.4. The van der Waals surface area contributed by atoms with Gasteiger partial charge in [-0.25, -0.2) is 0 Å². The quantitative estimate of drug-likeness (QED) is 0.773. The summed E-state index contributed by atoms with van der Waals surface area (Å²) in [6.45, 7) is 3.61. The second-order valence-electron chi connectivity index (χ2n) is 6.82. The molecule has 1 fully saturated rings. The van der Waals surface area contributed by atoms with Crippen molar-refractivity contribution < 1.29 is 19.1 Å². The van der Waals surface area contributed by atoms with Gasteiger partial charge in [-0.2, -0.15) is 0 Å². The Hall–Kier alpha value is -2.86. The zero-order valence-electron chi connectivity index (χ0n) is 15.9. The summed E-state index contributed by atoms with van der Waals surface area (Å²) in [6.07, 6.45) is 0.0902. The van der Waals surface area contributed by atoms with E-state index in [0.29, 0.717) is 27.7 Å². The Kier molecular flexibility index (Phi) is 5.70. The molecule has 0 aliphatic carbocycles. The van der Waals surface area contributed by atoms with Crippen LogP contribution >= 0.6 is 11.6 Å².